The molecule has 0 radical (unpaired) electrons. The monoisotopic (exact) mass is 410 g/mol. The van der Waals surface area contributed by atoms with E-state index in [1.54, 1.807) is 18.5 Å². The molecule has 8 nitrogen and oxygen atoms in total. The maximum absolute atomic E-state index is 12.9. The van der Waals surface area contributed by atoms with E-state index in [0.717, 1.165) is 70.2 Å². The van der Waals surface area contributed by atoms with Gasteiger partial charge in [0, 0.05) is 62.6 Å². The Balaban J connectivity index is 1.26. The number of carbonyl (C=O) groups is 1. The molecule has 0 bridgehead atoms. The highest BCUT2D eigenvalue weighted by atomic mass is 16.5. The van der Waals surface area contributed by atoms with Crippen LogP contribution in [0.25, 0.3) is 0 Å². The number of ether oxygens (including phenoxy) is 1. The maximum atomic E-state index is 12.9. The first-order chi connectivity index (χ1) is 14.7. The zero-order valence-corrected chi connectivity index (χ0v) is 17.5. The van der Waals surface area contributed by atoms with Crippen LogP contribution < -0.4 is 5.32 Å². The minimum atomic E-state index is 0.0309. The number of aromatic nitrogens is 3. The molecule has 2 saturated heterocycles. The number of morpholine rings is 1. The number of piperidine rings is 1. The van der Waals surface area contributed by atoms with Crippen molar-refractivity contribution in [1.29, 1.82) is 0 Å². The highest BCUT2D eigenvalue weighted by molar-refractivity contribution is 5.78. The molecule has 2 aromatic rings. The van der Waals surface area contributed by atoms with E-state index in [-0.39, 0.29) is 11.8 Å². The van der Waals surface area contributed by atoms with Crippen molar-refractivity contribution in [1.82, 2.24) is 24.8 Å². The lowest BCUT2D eigenvalue weighted by Crippen LogP contribution is -2.46. The smallest absolute Gasteiger partial charge is 0.227 e. The fourth-order valence-corrected chi connectivity index (χ4v) is 4.17. The Bertz CT molecular complexity index is 802. The maximum Gasteiger partial charge on any atom is 0.227 e. The van der Waals surface area contributed by atoms with Crippen molar-refractivity contribution >= 4 is 17.5 Å². The minimum absolute atomic E-state index is 0.0309. The summed E-state index contributed by atoms with van der Waals surface area (Å²) in [7, 11) is 0. The lowest BCUT2D eigenvalue weighted by atomic mass is 9.92. The van der Waals surface area contributed by atoms with Gasteiger partial charge in [-0.05, 0) is 31.0 Å². The summed E-state index contributed by atoms with van der Waals surface area (Å²) in [5, 5.41) is 3.15. The van der Waals surface area contributed by atoms with Gasteiger partial charge in [0.1, 0.15) is 0 Å². The van der Waals surface area contributed by atoms with Gasteiger partial charge in [-0.2, -0.15) is 0 Å². The summed E-state index contributed by atoms with van der Waals surface area (Å²) in [5.41, 5.74) is 1.96. The fraction of sp³-hybridized carbons (Fsp3) is 0.545. The number of amides is 1. The second kappa shape index (κ2) is 9.95. The van der Waals surface area contributed by atoms with Crippen molar-refractivity contribution in [2.45, 2.75) is 25.7 Å². The van der Waals surface area contributed by atoms with Gasteiger partial charge in [-0.15, -0.1) is 0 Å². The zero-order chi connectivity index (χ0) is 20.8. The van der Waals surface area contributed by atoms with Gasteiger partial charge in [-0.1, -0.05) is 6.92 Å². The molecule has 0 unspecified atom stereocenters. The van der Waals surface area contributed by atoms with E-state index >= 15 is 0 Å². The van der Waals surface area contributed by atoms with Gasteiger partial charge in [0.25, 0.3) is 0 Å². The number of likely N-dealkylation sites (tertiary alicyclic amines) is 1. The Morgan fingerprint density at radius 2 is 1.87 bits per heavy atom. The van der Waals surface area contributed by atoms with Crippen LogP contribution in [0.15, 0.2) is 36.8 Å². The van der Waals surface area contributed by atoms with E-state index in [4.69, 9.17) is 4.74 Å². The minimum Gasteiger partial charge on any atom is -0.379 e. The zero-order valence-electron chi connectivity index (χ0n) is 17.5. The Morgan fingerprint density at radius 3 is 2.53 bits per heavy atom. The van der Waals surface area contributed by atoms with Gasteiger partial charge in [0.05, 0.1) is 25.1 Å². The first-order valence-electron chi connectivity index (χ1n) is 10.8. The molecule has 8 heteroatoms. The number of anilines is 2. The van der Waals surface area contributed by atoms with Gasteiger partial charge in [-0.3, -0.25) is 14.7 Å². The molecule has 4 rings (SSSR count). The number of nitrogens with one attached hydrogen (secondary N) is 1. The van der Waals surface area contributed by atoms with Crippen LogP contribution in [0.5, 0.6) is 0 Å². The average molecular weight is 411 g/mol. The Hall–Kier alpha value is -2.58. The molecule has 160 valence electrons. The van der Waals surface area contributed by atoms with E-state index < -0.39 is 0 Å². The van der Waals surface area contributed by atoms with Crippen molar-refractivity contribution in [3.63, 3.8) is 0 Å². The third-order valence-electron chi connectivity index (χ3n) is 5.89. The summed E-state index contributed by atoms with van der Waals surface area (Å²) in [5.74, 6) is 1.26. The number of pyridine rings is 1. The fourth-order valence-electron chi connectivity index (χ4n) is 4.17. The van der Waals surface area contributed by atoms with E-state index in [0.29, 0.717) is 11.9 Å². The van der Waals surface area contributed by atoms with Crippen LogP contribution in [0.3, 0.4) is 0 Å². The van der Waals surface area contributed by atoms with Gasteiger partial charge in [-0.25, -0.2) is 9.97 Å². The summed E-state index contributed by atoms with van der Waals surface area (Å²) in [6.07, 6.45) is 7.14. The lowest BCUT2D eigenvalue weighted by molar-refractivity contribution is -0.137. The summed E-state index contributed by atoms with van der Waals surface area (Å²) >= 11 is 0. The molecule has 2 aliphatic heterocycles. The molecule has 4 heterocycles. The predicted octanol–water partition coefficient (Wildman–Crippen LogP) is 2.29. The second-order valence-corrected chi connectivity index (χ2v) is 8.08. The lowest BCUT2D eigenvalue weighted by Gasteiger charge is -2.35. The number of hydrogen-bond donors (Lipinski definition) is 1. The molecule has 0 aliphatic carbocycles. The van der Waals surface area contributed by atoms with E-state index in [1.807, 2.05) is 24.1 Å². The van der Waals surface area contributed by atoms with E-state index in [9.17, 15) is 4.79 Å². The highest BCUT2D eigenvalue weighted by Crippen LogP contribution is 2.28. The van der Waals surface area contributed by atoms with Crippen LogP contribution in [0.4, 0.5) is 11.6 Å². The first-order valence-corrected chi connectivity index (χ1v) is 10.8. The standard InChI is InChI=1S/C22H30N6O2/c1-17(16-27-11-13-30-14-12-27)21(29)28-9-5-18(6-10-28)20-4-3-19(15-25-20)26-22-23-7-2-8-24-22/h2-4,7-8,15,17-18H,5-6,9-14,16H2,1H3,(H,23,24,26)/t17-/m0/s1. The number of carbonyl (C=O) groups excluding carboxylic acids is 1. The van der Waals surface area contributed by atoms with Crippen molar-refractivity contribution in [3.8, 4) is 0 Å². The molecule has 1 amide bonds. The summed E-state index contributed by atoms with van der Waals surface area (Å²) in [4.78, 5) is 30.2. The molecule has 2 aliphatic rings. The number of hydrogen-bond acceptors (Lipinski definition) is 7. The van der Waals surface area contributed by atoms with Gasteiger partial charge < -0.3 is 15.0 Å². The Labute approximate surface area is 177 Å². The SMILES string of the molecule is C[C@@H](CN1CCOCC1)C(=O)N1CCC(c2ccc(Nc3ncccn3)cn2)CC1. The van der Waals surface area contributed by atoms with Crippen LogP contribution in [0.2, 0.25) is 0 Å². The molecule has 30 heavy (non-hydrogen) atoms. The van der Waals surface area contributed by atoms with E-state index in [1.165, 1.54) is 0 Å². The highest BCUT2D eigenvalue weighted by Gasteiger charge is 2.28. The van der Waals surface area contributed by atoms with Crippen molar-refractivity contribution < 1.29 is 9.53 Å². The number of rotatable bonds is 6. The molecule has 1 atom stereocenters. The number of nitrogens with zero attached hydrogens (tertiary/aromatic N) is 5. The molecular formula is C22H30N6O2. The van der Waals surface area contributed by atoms with Crippen LogP contribution in [0, 0.1) is 5.92 Å². The normalized spacial score (nSPS) is 19.4. The van der Waals surface area contributed by atoms with Crippen LogP contribution in [0.1, 0.15) is 31.4 Å². The molecule has 2 aromatic heterocycles. The third kappa shape index (κ3) is 5.31. The van der Waals surface area contributed by atoms with E-state index in [2.05, 4.69) is 31.2 Å². The van der Waals surface area contributed by atoms with Crippen molar-refractivity contribution in [3.05, 3.63) is 42.5 Å². The topological polar surface area (TPSA) is 83.5 Å². The van der Waals surface area contributed by atoms with Gasteiger partial charge in [0.15, 0.2) is 0 Å². The molecule has 0 aromatic carbocycles. The Morgan fingerprint density at radius 1 is 1.13 bits per heavy atom. The van der Waals surface area contributed by atoms with Crippen LogP contribution in [-0.4, -0.2) is 76.6 Å². The van der Waals surface area contributed by atoms with Crippen molar-refractivity contribution in [2.75, 3.05) is 51.3 Å². The van der Waals surface area contributed by atoms with Crippen LogP contribution in [-0.2, 0) is 9.53 Å². The summed E-state index contributed by atoms with van der Waals surface area (Å²) < 4.78 is 5.40. The van der Waals surface area contributed by atoms with Crippen LogP contribution >= 0.6 is 0 Å². The largest absolute Gasteiger partial charge is 0.379 e. The molecule has 2 fully saturated rings. The first kappa shape index (κ1) is 20.7. The quantitative estimate of drug-likeness (QED) is 0.782. The molecular weight excluding hydrogens is 380 g/mol. The second-order valence-electron chi connectivity index (χ2n) is 8.08. The van der Waals surface area contributed by atoms with Gasteiger partial charge in [0.2, 0.25) is 11.9 Å². The predicted molar refractivity (Wildman–Crippen MR) is 115 cm³/mol. The summed E-state index contributed by atoms with van der Waals surface area (Å²) in [6, 6.07) is 5.86. The molecule has 1 N–H and O–H groups in total. The summed E-state index contributed by atoms with van der Waals surface area (Å²) in [6.45, 7) is 7.86. The molecule has 0 spiro atoms. The van der Waals surface area contributed by atoms with Gasteiger partial charge >= 0.3 is 0 Å². The third-order valence-corrected chi connectivity index (χ3v) is 5.89. The average Bonchev–Trinajstić information content (AvgIpc) is 2.80. The molecule has 0 saturated carbocycles. The van der Waals surface area contributed by atoms with Crippen molar-refractivity contribution in [2.24, 2.45) is 5.92 Å². The Kier molecular flexibility index (Phi) is 6.86.